The maximum atomic E-state index is 6.28. The fourth-order valence-electron chi connectivity index (χ4n) is 2.15. The molecule has 0 fully saturated rings. The first-order valence-corrected chi connectivity index (χ1v) is 7.39. The molecule has 0 saturated heterocycles. The minimum atomic E-state index is 0.112. The van der Waals surface area contributed by atoms with E-state index in [1.165, 1.54) is 22.3 Å². The molecule has 1 nitrogen and oxygen atoms in total. The van der Waals surface area contributed by atoms with Crippen LogP contribution in [0, 0.1) is 6.92 Å². The van der Waals surface area contributed by atoms with Gasteiger partial charge in [0.05, 0.1) is 0 Å². The lowest BCUT2D eigenvalue weighted by Gasteiger charge is -2.13. The standard InChI is InChI=1S/C16H21NS/c1-11(2)14-6-4-13(5-7-14)8-16(17)15-10-18-9-12(15)3/h4-7,9-11,16H,8,17H2,1-3H3. The molecular formula is C16H21NS. The van der Waals surface area contributed by atoms with Crippen LogP contribution in [0.25, 0.3) is 0 Å². The Balaban J connectivity index is 2.08. The Bertz CT molecular complexity index is 496. The number of benzene rings is 1. The van der Waals surface area contributed by atoms with Gasteiger partial charge in [-0.05, 0) is 52.3 Å². The molecule has 0 aliphatic rings. The number of hydrogen-bond donors (Lipinski definition) is 1. The lowest BCUT2D eigenvalue weighted by atomic mass is 9.96. The molecule has 2 N–H and O–H groups in total. The van der Waals surface area contributed by atoms with Crippen molar-refractivity contribution in [3.63, 3.8) is 0 Å². The number of nitrogens with two attached hydrogens (primary N) is 1. The minimum absolute atomic E-state index is 0.112. The van der Waals surface area contributed by atoms with E-state index in [2.05, 4.69) is 55.8 Å². The van der Waals surface area contributed by atoms with Crippen LogP contribution in [0.3, 0.4) is 0 Å². The van der Waals surface area contributed by atoms with E-state index in [0.29, 0.717) is 5.92 Å². The normalized spacial score (nSPS) is 12.9. The molecule has 0 saturated carbocycles. The first kappa shape index (κ1) is 13.3. The highest BCUT2D eigenvalue weighted by molar-refractivity contribution is 7.08. The summed E-state index contributed by atoms with van der Waals surface area (Å²) in [5, 5.41) is 4.33. The van der Waals surface area contributed by atoms with E-state index in [4.69, 9.17) is 5.73 Å². The van der Waals surface area contributed by atoms with Crippen LogP contribution in [0.4, 0.5) is 0 Å². The maximum Gasteiger partial charge on any atom is 0.0346 e. The smallest absolute Gasteiger partial charge is 0.0346 e. The second kappa shape index (κ2) is 5.68. The van der Waals surface area contributed by atoms with Crippen molar-refractivity contribution >= 4 is 11.3 Å². The third-order valence-corrected chi connectivity index (χ3v) is 4.28. The Labute approximate surface area is 114 Å². The van der Waals surface area contributed by atoms with E-state index in [1.807, 2.05) is 0 Å². The van der Waals surface area contributed by atoms with Gasteiger partial charge in [0.1, 0.15) is 0 Å². The molecule has 2 heteroatoms. The zero-order chi connectivity index (χ0) is 13.1. The molecular weight excluding hydrogens is 238 g/mol. The molecule has 1 aromatic heterocycles. The van der Waals surface area contributed by atoms with Crippen molar-refractivity contribution in [2.45, 2.75) is 39.2 Å². The van der Waals surface area contributed by atoms with Crippen molar-refractivity contribution in [3.8, 4) is 0 Å². The van der Waals surface area contributed by atoms with Gasteiger partial charge in [0.25, 0.3) is 0 Å². The SMILES string of the molecule is Cc1cscc1C(N)Cc1ccc(C(C)C)cc1. The Morgan fingerprint density at radius 3 is 2.28 bits per heavy atom. The van der Waals surface area contributed by atoms with Gasteiger partial charge in [0.15, 0.2) is 0 Å². The van der Waals surface area contributed by atoms with Crippen molar-refractivity contribution < 1.29 is 0 Å². The topological polar surface area (TPSA) is 26.0 Å². The van der Waals surface area contributed by atoms with Crippen LogP contribution in [-0.2, 0) is 6.42 Å². The molecule has 0 bridgehead atoms. The summed E-state index contributed by atoms with van der Waals surface area (Å²) in [7, 11) is 0. The van der Waals surface area contributed by atoms with Crippen LogP contribution in [0.1, 0.15) is 48.1 Å². The van der Waals surface area contributed by atoms with Crippen molar-refractivity contribution in [3.05, 3.63) is 57.3 Å². The molecule has 2 aromatic rings. The molecule has 1 atom stereocenters. The average Bonchev–Trinajstić information content (AvgIpc) is 2.76. The molecule has 0 aliphatic carbocycles. The van der Waals surface area contributed by atoms with Gasteiger partial charge in [-0.3, -0.25) is 0 Å². The third-order valence-electron chi connectivity index (χ3n) is 3.40. The zero-order valence-corrected chi connectivity index (χ0v) is 12.1. The maximum absolute atomic E-state index is 6.28. The highest BCUT2D eigenvalue weighted by atomic mass is 32.1. The van der Waals surface area contributed by atoms with Crippen molar-refractivity contribution in [2.24, 2.45) is 5.73 Å². The number of hydrogen-bond acceptors (Lipinski definition) is 2. The first-order chi connectivity index (χ1) is 8.58. The summed E-state index contributed by atoms with van der Waals surface area (Å²) in [6.07, 6.45) is 0.913. The van der Waals surface area contributed by atoms with E-state index in [-0.39, 0.29) is 6.04 Å². The molecule has 1 unspecified atom stereocenters. The minimum Gasteiger partial charge on any atom is -0.324 e. The number of thiophene rings is 1. The number of aryl methyl sites for hydroxylation is 1. The van der Waals surface area contributed by atoms with Gasteiger partial charge >= 0.3 is 0 Å². The second-order valence-electron chi connectivity index (χ2n) is 5.22. The Hall–Kier alpha value is -1.12. The van der Waals surface area contributed by atoms with E-state index < -0.39 is 0 Å². The van der Waals surface area contributed by atoms with Gasteiger partial charge in [-0.1, -0.05) is 38.1 Å². The lowest BCUT2D eigenvalue weighted by Crippen LogP contribution is -2.13. The van der Waals surface area contributed by atoms with Crippen LogP contribution in [0.15, 0.2) is 35.0 Å². The second-order valence-corrected chi connectivity index (χ2v) is 5.96. The van der Waals surface area contributed by atoms with Crippen LogP contribution >= 0.6 is 11.3 Å². The summed E-state index contributed by atoms with van der Waals surface area (Å²) in [4.78, 5) is 0. The fourth-order valence-corrected chi connectivity index (χ4v) is 3.07. The molecule has 1 aromatic carbocycles. The highest BCUT2D eigenvalue weighted by Crippen LogP contribution is 2.23. The summed E-state index contributed by atoms with van der Waals surface area (Å²) in [5.41, 5.74) is 11.6. The van der Waals surface area contributed by atoms with Gasteiger partial charge in [0.2, 0.25) is 0 Å². The molecule has 0 aliphatic heterocycles. The van der Waals surface area contributed by atoms with Gasteiger partial charge in [-0.25, -0.2) is 0 Å². The Morgan fingerprint density at radius 1 is 1.11 bits per heavy atom. The Morgan fingerprint density at radius 2 is 1.78 bits per heavy atom. The van der Waals surface area contributed by atoms with Gasteiger partial charge in [-0.15, -0.1) is 0 Å². The van der Waals surface area contributed by atoms with E-state index in [9.17, 15) is 0 Å². The van der Waals surface area contributed by atoms with E-state index in [0.717, 1.165) is 6.42 Å². The van der Waals surface area contributed by atoms with Crippen molar-refractivity contribution in [1.82, 2.24) is 0 Å². The van der Waals surface area contributed by atoms with Crippen LogP contribution < -0.4 is 5.73 Å². The van der Waals surface area contributed by atoms with Crippen LogP contribution in [-0.4, -0.2) is 0 Å². The molecule has 18 heavy (non-hydrogen) atoms. The summed E-state index contributed by atoms with van der Waals surface area (Å²) in [6, 6.07) is 8.95. The lowest BCUT2D eigenvalue weighted by molar-refractivity contribution is 0.719. The average molecular weight is 259 g/mol. The first-order valence-electron chi connectivity index (χ1n) is 6.45. The van der Waals surface area contributed by atoms with Crippen molar-refractivity contribution in [1.29, 1.82) is 0 Å². The summed E-state index contributed by atoms with van der Waals surface area (Å²) < 4.78 is 0. The van der Waals surface area contributed by atoms with Crippen molar-refractivity contribution in [2.75, 3.05) is 0 Å². The molecule has 2 rings (SSSR count). The predicted molar refractivity (Wildman–Crippen MR) is 80.2 cm³/mol. The summed E-state index contributed by atoms with van der Waals surface area (Å²) in [6.45, 7) is 6.57. The summed E-state index contributed by atoms with van der Waals surface area (Å²) in [5.74, 6) is 0.590. The van der Waals surface area contributed by atoms with Gasteiger partial charge in [0, 0.05) is 6.04 Å². The molecule has 96 valence electrons. The summed E-state index contributed by atoms with van der Waals surface area (Å²) >= 11 is 1.73. The van der Waals surface area contributed by atoms with Crippen LogP contribution in [0.5, 0.6) is 0 Å². The van der Waals surface area contributed by atoms with E-state index >= 15 is 0 Å². The van der Waals surface area contributed by atoms with Gasteiger partial charge < -0.3 is 5.73 Å². The number of rotatable bonds is 4. The molecule has 1 heterocycles. The quantitative estimate of drug-likeness (QED) is 0.864. The Kier molecular flexibility index (Phi) is 4.20. The largest absolute Gasteiger partial charge is 0.324 e. The fraction of sp³-hybridized carbons (Fsp3) is 0.375. The predicted octanol–water partition coefficient (Wildman–Crippen LogP) is 4.42. The molecule has 0 radical (unpaired) electrons. The van der Waals surface area contributed by atoms with Gasteiger partial charge in [-0.2, -0.15) is 11.3 Å². The third kappa shape index (κ3) is 3.01. The zero-order valence-electron chi connectivity index (χ0n) is 11.3. The monoisotopic (exact) mass is 259 g/mol. The van der Waals surface area contributed by atoms with E-state index in [1.54, 1.807) is 11.3 Å². The highest BCUT2D eigenvalue weighted by Gasteiger charge is 2.10. The van der Waals surface area contributed by atoms with Crippen LogP contribution in [0.2, 0.25) is 0 Å². The molecule has 0 amide bonds. The molecule has 0 spiro atoms.